The van der Waals surface area contributed by atoms with Crippen LogP contribution in [0.2, 0.25) is 0 Å². The molecule has 206 valence electrons. The quantitative estimate of drug-likeness (QED) is 0.408. The third-order valence-electron chi connectivity index (χ3n) is 4.74. The molecule has 0 spiro atoms. The van der Waals surface area contributed by atoms with Gasteiger partial charge in [-0.1, -0.05) is 17.0 Å². The molecule has 0 aliphatic heterocycles. The molecule has 0 saturated carbocycles. The van der Waals surface area contributed by atoms with E-state index in [0.29, 0.717) is 56.5 Å². The molecule has 3 amide bonds. The number of benzene rings is 1. The molecule has 1 aromatic carbocycles. The molecule has 0 saturated heterocycles. The number of rotatable bonds is 12. The summed E-state index contributed by atoms with van der Waals surface area (Å²) in [7, 11) is 0. The lowest BCUT2D eigenvalue weighted by Crippen LogP contribution is -2.40. The first-order chi connectivity index (χ1) is 17.3. The minimum Gasteiger partial charge on any atom is -0.444 e. The van der Waals surface area contributed by atoms with Crippen molar-refractivity contribution in [2.75, 3.05) is 32.8 Å². The molecule has 1 heterocycles. The lowest BCUT2D eigenvalue weighted by molar-refractivity contribution is -0.126. The van der Waals surface area contributed by atoms with Crippen LogP contribution in [-0.4, -0.2) is 82.1 Å². The second-order valence-electron chi connectivity index (χ2n) is 10.5. The van der Waals surface area contributed by atoms with E-state index in [0.717, 1.165) is 0 Å². The van der Waals surface area contributed by atoms with Gasteiger partial charge >= 0.3 is 12.2 Å². The van der Waals surface area contributed by atoms with Gasteiger partial charge in [0.2, 0.25) is 0 Å². The first-order valence-electron chi connectivity index (χ1n) is 12.5. The van der Waals surface area contributed by atoms with Gasteiger partial charge in [-0.2, -0.15) is 0 Å². The zero-order valence-corrected chi connectivity index (χ0v) is 22.7. The van der Waals surface area contributed by atoms with E-state index < -0.39 is 23.4 Å². The van der Waals surface area contributed by atoms with Crippen molar-refractivity contribution < 1.29 is 28.7 Å². The second-order valence-corrected chi connectivity index (χ2v) is 10.5. The molecule has 0 atom stereocenters. The molecule has 0 aliphatic rings. The van der Waals surface area contributed by atoms with Crippen LogP contribution in [0, 0.1) is 0 Å². The van der Waals surface area contributed by atoms with Gasteiger partial charge in [-0.05, 0) is 78.2 Å². The van der Waals surface area contributed by atoms with Crippen LogP contribution >= 0.6 is 0 Å². The van der Waals surface area contributed by atoms with Crippen LogP contribution in [0.1, 0.15) is 60.8 Å². The number of nitrogens with zero attached hydrogens (tertiary/aromatic N) is 4. The molecule has 12 heteroatoms. The van der Waals surface area contributed by atoms with Gasteiger partial charge in [0.05, 0.1) is 0 Å². The van der Waals surface area contributed by atoms with Crippen molar-refractivity contribution in [1.29, 1.82) is 0 Å². The first-order valence-corrected chi connectivity index (χ1v) is 12.5. The van der Waals surface area contributed by atoms with Gasteiger partial charge in [0.15, 0.2) is 6.61 Å². The third kappa shape index (κ3) is 11.8. The molecule has 37 heavy (non-hydrogen) atoms. The van der Waals surface area contributed by atoms with E-state index in [2.05, 4.69) is 20.9 Å². The predicted octanol–water partition coefficient (Wildman–Crippen LogP) is 2.91. The van der Waals surface area contributed by atoms with Gasteiger partial charge in [-0.25, -0.2) is 9.59 Å². The van der Waals surface area contributed by atoms with Gasteiger partial charge in [0.25, 0.3) is 5.91 Å². The molecule has 2 rings (SSSR count). The summed E-state index contributed by atoms with van der Waals surface area (Å²) in [5, 5.41) is 13.3. The first kappa shape index (κ1) is 29.7. The predicted molar refractivity (Wildman–Crippen MR) is 138 cm³/mol. The van der Waals surface area contributed by atoms with Crippen LogP contribution in [0.5, 0.6) is 0 Å². The van der Waals surface area contributed by atoms with Gasteiger partial charge in [0, 0.05) is 26.2 Å². The number of unbranched alkanes of at least 4 members (excludes halogenated alkanes) is 1. The number of nitrogens with one attached hydrogen (secondary N) is 2. The monoisotopic (exact) mass is 520 g/mol. The van der Waals surface area contributed by atoms with Gasteiger partial charge in [0.1, 0.15) is 22.2 Å². The molecular formula is C25H40N6O6. The fourth-order valence-corrected chi connectivity index (χ4v) is 3.16. The summed E-state index contributed by atoms with van der Waals surface area (Å²) in [6.45, 7) is 12.3. The van der Waals surface area contributed by atoms with E-state index in [1.165, 1.54) is 4.85 Å². The third-order valence-corrected chi connectivity index (χ3v) is 4.74. The SMILES string of the molecule is CC(C)(C)OC(=O)NCCCCN(CCCNC(=O)COn1nnc2ccccc21)C(=O)OC(C)(C)C. The number of hydrogen-bond acceptors (Lipinski definition) is 8. The number of aromatic nitrogens is 3. The Morgan fingerprint density at radius 2 is 1.54 bits per heavy atom. The summed E-state index contributed by atoms with van der Waals surface area (Å²) in [5.74, 6) is -0.309. The Balaban J connectivity index is 1.72. The minimum absolute atomic E-state index is 0.215. The Kier molecular flexibility index (Phi) is 10.9. The van der Waals surface area contributed by atoms with E-state index in [-0.39, 0.29) is 12.5 Å². The molecule has 0 aliphatic carbocycles. The smallest absolute Gasteiger partial charge is 0.410 e. The maximum Gasteiger partial charge on any atom is 0.410 e. The van der Waals surface area contributed by atoms with Crippen LogP contribution in [-0.2, 0) is 14.3 Å². The molecular weight excluding hydrogens is 480 g/mol. The Morgan fingerprint density at radius 3 is 2.24 bits per heavy atom. The van der Waals surface area contributed by atoms with Crippen LogP contribution in [0.15, 0.2) is 24.3 Å². The highest BCUT2D eigenvalue weighted by Gasteiger charge is 2.22. The average Bonchev–Trinajstić information content (AvgIpc) is 3.19. The van der Waals surface area contributed by atoms with E-state index in [1.807, 2.05) is 32.9 Å². The van der Waals surface area contributed by atoms with Crippen molar-refractivity contribution >= 4 is 29.1 Å². The molecule has 2 aromatic rings. The summed E-state index contributed by atoms with van der Waals surface area (Å²) in [6, 6.07) is 7.28. The van der Waals surface area contributed by atoms with E-state index in [1.54, 1.807) is 37.8 Å². The van der Waals surface area contributed by atoms with Crippen LogP contribution in [0.4, 0.5) is 9.59 Å². The lowest BCUT2D eigenvalue weighted by Gasteiger charge is -2.27. The topological polar surface area (TPSA) is 137 Å². The zero-order valence-electron chi connectivity index (χ0n) is 22.7. The second kappa shape index (κ2) is 13.7. The fourth-order valence-electron chi connectivity index (χ4n) is 3.16. The molecule has 0 radical (unpaired) electrons. The number of alkyl carbamates (subject to hydrolysis) is 1. The van der Waals surface area contributed by atoms with Crippen molar-refractivity contribution in [1.82, 2.24) is 30.7 Å². The average molecular weight is 521 g/mol. The zero-order chi connectivity index (χ0) is 27.5. The number of para-hydroxylation sites is 1. The van der Waals surface area contributed by atoms with Crippen molar-refractivity contribution in [3.05, 3.63) is 24.3 Å². The summed E-state index contributed by atoms with van der Waals surface area (Å²) in [4.78, 5) is 44.8. The van der Waals surface area contributed by atoms with Crippen LogP contribution in [0.3, 0.4) is 0 Å². The summed E-state index contributed by atoms with van der Waals surface area (Å²) >= 11 is 0. The number of ether oxygens (including phenoxy) is 2. The van der Waals surface area contributed by atoms with Gasteiger partial charge in [-0.3, -0.25) is 4.79 Å². The highest BCUT2D eigenvalue weighted by atomic mass is 16.7. The normalized spacial score (nSPS) is 11.6. The Bertz CT molecular complexity index is 1030. The van der Waals surface area contributed by atoms with Crippen molar-refractivity contribution in [3.63, 3.8) is 0 Å². The highest BCUT2D eigenvalue weighted by Crippen LogP contribution is 2.11. The summed E-state index contributed by atoms with van der Waals surface area (Å²) in [6.07, 6.45) is 0.992. The van der Waals surface area contributed by atoms with Crippen LogP contribution in [0.25, 0.3) is 11.0 Å². The molecule has 2 N–H and O–H groups in total. The van der Waals surface area contributed by atoms with Crippen molar-refractivity contribution in [2.45, 2.75) is 72.0 Å². The number of carbonyl (C=O) groups excluding carboxylic acids is 3. The van der Waals surface area contributed by atoms with Crippen molar-refractivity contribution in [3.8, 4) is 0 Å². The number of fused-ring (bicyclic) bond motifs is 1. The lowest BCUT2D eigenvalue weighted by atomic mass is 10.2. The molecule has 0 bridgehead atoms. The highest BCUT2D eigenvalue weighted by molar-refractivity contribution is 5.77. The maximum atomic E-state index is 12.6. The molecule has 0 unspecified atom stereocenters. The molecule has 12 nitrogen and oxygen atoms in total. The summed E-state index contributed by atoms with van der Waals surface area (Å²) < 4.78 is 10.7. The van der Waals surface area contributed by atoms with Crippen molar-refractivity contribution in [2.24, 2.45) is 0 Å². The van der Waals surface area contributed by atoms with Gasteiger partial charge in [-0.15, -0.1) is 5.10 Å². The van der Waals surface area contributed by atoms with E-state index in [4.69, 9.17) is 14.3 Å². The van der Waals surface area contributed by atoms with E-state index in [9.17, 15) is 14.4 Å². The van der Waals surface area contributed by atoms with Gasteiger partial charge < -0.3 is 29.8 Å². The standard InChI is InChI=1S/C25H40N6O6/c1-24(2,3)36-22(33)27-14-9-10-16-30(23(34)37-25(4,5)6)17-11-15-26-21(32)18-35-31-20-13-8-7-12-19(20)28-29-31/h7-8,12-13H,9-11,14-18H2,1-6H3,(H,26,32)(H,27,33). The molecule has 1 aromatic heterocycles. The Hall–Kier alpha value is -3.57. The summed E-state index contributed by atoms with van der Waals surface area (Å²) in [5.41, 5.74) is 0.171. The molecule has 0 fully saturated rings. The minimum atomic E-state index is -0.620. The van der Waals surface area contributed by atoms with Crippen LogP contribution < -0.4 is 15.5 Å². The van der Waals surface area contributed by atoms with E-state index >= 15 is 0 Å². The Morgan fingerprint density at radius 1 is 0.892 bits per heavy atom. The number of carbonyl (C=O) groups is 3. The maximum absolute atomic E-state index is 12.6. The Labute approximate surface area is 217 Å². The number of amides is 3. The largest absolute Gasteiger partial charge is 0.444 e. The number of hydrogen-bond donors (Lipinski definition) is 2. The fraction of sp³-hybridized carbons (Fsp3) is 0.640.